The van der Waals surface area contributed by atoms with Gasteiger partial charge < -0.3 is 14.2 Å². The molecule has 0 aliphatic heterocycles. The average Bonchev–Trinajstić information content (AvgIpc) is 3.45. The van der Waals surface area contributed by atoms with Gasteiger partial charge in [-0.05, 0) is 128 Å². The number of hydrogen-bond donors (Lipinski definition) is 0. The van der Waals surface area contributed by atoms with E-state index in [1.54, 1.807) is 0 Å². The van der Waals surface area contributed by atoms with Crippen molar-refractivity contribution in [2.75, 3.05) is 13.2 Å². The molecule has 0 spiro atoms. The van der Waals surface area contributed by atoms with Gasteiger partial charge in [-0.1, -0.05) is 277 Å². The fourth-order valence-corrected chi connectivity index (χ4v) is 8.96. The maximum Gasteiger partial charge on any atom is 0.306 e. The normalized spacial score (nSPS) is 12.9. The number of hydrogen-bond acceptors (Lipinski definition) is 6. The van der Waals surface area contributed by atoms with Gasteiger partial charge in [0.1, 0.15) is 13.2 Å². The molecule has 0 aliphatic rings. The fraction of sp³-hybridized carbons (Fsp3) is 0.685. The highest BCUT2D eigenvalue weighted by Crippen LogP contribution is 2.16. The van der Waals surface area contributed by atoms with Crippen molar-refractivity contribution >= 4 is 17.9 Å². The second kappa shape index (κ2) is 66.3. The Labute approximate surface area is 488 Å². The molecular weight excluding hydrogens is 973 g/mol. The van der Waals surface area contributed by atoms with Crippen molar-refractivity contribution in [1.82, 2.24) is 0 Å². The predicted molar refractivity (Wildman–Crippen MR) is 343 cm³/mol. The highest BCUT2D eigenvalue weighted by atomic mass is 16.6. The average molecular weight is 1100 g/mol. The van der Waals surface area contributed by atoms with Crippen molar-refractivity contribution in [3.05, 3.63) is 122 Å². The van der Waals surface area contributed by atoms with Crippen LogP contribution in [0.3, 0.4) is 0 Å². The number of ether oxygens (including phenoxy) is 3. The van der Waals surface area contributed by atoms with E-state index in [4.69, 9.17) is 14.2 Å². The van der Waals surface area contributed by atoms with Crippen LogP contribution in [0.4, 0.5) is 0 Å². The van der Waals surface area contributed by atoms with Crippen molar-refractivity contribution in [2.45, 2.75) is 309 Å². The number of esters is 3. The summed E-state index contributed by atoms with van der Waals surface area (Å²) in [6, 6.07) is 0. The van der Waals surface area contributed by atoms with Gasteiger partial charge in [-0.2, -0.15) is 0 Å². The van der Waals surface area contributed by atoms with E-state index in [9.17, 15) is 14.4 Å². The SMILES string of the molecule is CC/C=C\C/C=C\C/C=C\C/C=C\C/C=C\C/C=C\C/C=C\CCCCCCCCCCCCCC(=O)OCC(COC(=O)CCCCCCC/C=C\CCCC)OC(=O)CCCCCCCCC/C=C\C/C=C\CCCCC. The lowest BCUT2D eigenvalue weighted by atomic mass is 10.0. The van der Waals surface area contributed by atoms with Crippen LogP contribution in [0.5, 0.6) is 0 Å². The van der Waals surface area contributed by atoms with Gasteiger partial charge in [0, 0.05) is 19.3 Å². The van der Waals surface area contributed by atoms with Crippen LogP contribution >= 0.6 is 0 Å². The van der Waals surface area contributed by atoms with Crippen LogP contribution in [0.15, 0.2) is 122 Å². The molecule has 6 heteroatoms. The minimum Gasteiger partial charge on any atom is -0.462 e. The molecule has 0 rings (SSSR count). The number of rotatable bonds is 59. The molecule has 0 aliphatic carbocycles. The van der Waals surface area contributed by atoms with Gasteiger partial charge in [-0.3, -0.25) is 14.4 Å². The van der Waals surface area contributed by atoms with Crippen LogP contribution in [0.1, 0.15) is 303 Å². The highest BCUT2D eigenvalue weighted by Gasteiger charge is 2.19. The molecule has 0 saturated heterocycles. The second-order valence-electron chi connectivity index (χ2n) is 21.6. The lowest BCUT2D eigenvalue weighted by Gasteiger charge is -2.18. The van der Waals surface area contributed by atoms with Gasteiger partial charge in [-0.25, -0.2) is 0 Å². The molecule has 79 heavy (non-hydrogen) atoms. The van der Waals surface area contributed by atoms with Crippen LogP contribution in [-0.4, -0.2) is 37.2 Å². The maximum atomic E-state index is 12.9. The van der Waals surface area contributed by atoms with Crippen LogP contribution in [0.2, 0.25) is 0 Å². The minimum absolute atomic E-state index is 0.0859. The largest absolute Gasteiger partial charge is 0.462 e. The van der Waals surface area contributed by atoms with E-state index < -0.39 is 6.10 Å². The Hall–Kier alpha value is -4.19. The lowest BCUT2D eigenvalue weighted by molar-refractivity contribution is -0.167. The Bertz CT molecular complexity index is 1640. The van der Waals surface area contributed by atoms with Crippen molar-refractivity contribution in [3.8, 4) is 0 Å². The summed E-state index contributed by atoms with van der Waals surface area (Å²) in [5.74, 6) is -0.901. The monoisotopic (exact) mass is 1090 g/mol. The first-order valence-corrected chi connectivity index (χ1v) is 33.0. The smallest absolute Gasteiger partial charge is 0.306 e. The molecule has 0 aromatic heterocycles. The highest BCUT2D eigenvalue weighted by molar-refractivity contribution is 5.71. The Kier molecular flexibility index (Phi) is 62.8. The van der Waals surface area contributed by atoms with Gasteiger partial charge in [0.25, 0.3) is 0 Å². The summed E-state index contributed by atoms with van der Waals surface area (Å²) in [4.78, 5) is 38.3. The molecule has 0 heterocycles. The van der Waals surface area contributed by atoms with Gasteiger partial charge >= 0.3 is 17.9 Å². The molecule has 0 aromatic rings. The van der Waals surface area contributed by atoms with Crippen molar-refractivity contribution in [1.29, 1.82) is 0 Å². The summed E-state index contributed by atoms with van der Waals surface area (Å²) in [5.41, 5.74) is 0. The molecular formula is C73H122O6. The first-order chi connectivity index (χ1) is 39.0. The van der Waals surface area contributed by atoms with Crippen LogP contribution in [-0.2, 0) is 28.6 Å². The maximum absolute atomic E-state index is 12.9. The zero-order chi connectivity index (χ0) is 57.1. The van der Waals surface area contributed by atoms with E-state index in [1.807, 2.05) is 0 Å². The molecule has 0 N–H and O–H groups in total. The Morgan fingerprint density at radius 1 is 0.266 bits per heavy atom. The zero-order valence-electron chi connectivity index (χ0n) is 51.6. The van der Waals surface area contributed by atoms with Gasteiger partial charge in [0.2, 0.25) is 0 Å². The van der Waals surface area contributed by atoms with Crippen molar-refractivity contribution in [3.63, 3.8) is 0 Å². The summed E-state index contributed by atoms with van der Waals surface area (Å²) in [7, 11) is 0. The molecule has 6 nitrogen and oxygen atoms in total. The van der Waals surface area contributed by atoms with Gasteiger partial charge in [-0.15, -0.1) is 0 Å². The number of carbonyl (C=O) groups is 3. The molecule has 1 atom stereocenters. The zero-order valence-corrected chi connectivity index (χ0v) is 51.6. The van der Waals surface area contributed by atoms with E-state index in [-0.39, 0.29) is 31.1 Å². The molecule has 0 amide bonds. The first-order valence-electron chi connectivity index (χ1n) is 33.0. The van der Waals surface area contributed by atoms with Crippen LogP contribution in [0.25, 0.3) is 0 Å². The summed E-state index contributed by atoms with van der Waals surface area (Å²) in [5, 5.41) is 0. The summed E-state index contributed by atoms with van der Waals surface area (Å²) in [6.45, 7) is 6.46. The predicted octanol–water partition coefficient (Wildman–Crippen LogP) is 22.8. The van der Waals surface area contributed by atoms with Crippen molar-refractivity contribution in [2.24, 2.45) is 0 Å². The number of unbranched alkanes of at least 4 members (excludes halogenated alkanes) is 28. The lowest BCUT2D eigenvalue weighted by Crippen LogP contribution is -2.30. The van der Waals surface area contributed by atoms with Crippen LogP contribution in [0, 0.1) is 0 Å². The molecule has 0 fully saturated rings. The molecule has 0 radical (unpaired) electrons. The molecule has 1 unspecified atom stereocenters. The number of allylic oxidation sites excluding steroid dienone is 20. The molecule has 0 saturated carbocycles. The quantitative estimate of drug-likeness (QED) is 0.0261. The van der Waals surface area contributed by atoms with Crippen molar-refractivity contribution < 1.29 is 28.6 Å². The standard InChI is InChI=1S/C73H122O6/c1-4-7-10-13-16-19-22-24-26-28-29-30-31-32-33-34-35-36-37-38-39-40-41-42-43-45-46-48-51-54-57-60-63-66-72(75)78-69-70(68-77-71(74)65-62-59-56-53-50-21-18-15-12-9-6-3)79-73(76)67-64-61-58-55-52-49-47-44-27-25-23-20-17-14-11-8-5-2/h7,10,15-20,24-27,29-30,32-33,35-36,38-39,70H,4-6,8-9,11-14,21-23,28,31,34,37,40-69H2,1-3H3/b10-7-,18-15-,19-16-,20-17-,26-24-,27-25-,30-29-,33-32-,36-35-,39-38-. The molecule has 450 valence electrons. The number of carbonyl (C=O) groups excluding carboxylic acids is 3. The van der Waals surface area contributed by atoms with E-state index in [2.05, 4.69) is 142 Å². The summed E-state index contributed by atoms with van der Waals surface area (Å²) < 4.78 is 16.9. The Morgan fingerprint density at radius 2 is 0.506 bits per heavy atom. The third kappa shape index (κ3) is 64.5. The molecule has 0 bridgehead atoms. The third-order valence-corrected chi connectivity index (χ3v) is 13.9. The first kappa shape index (κ1) is 74.8. The fourth-order valence-electron chi connectivity index (χ4n) is 8.96. The molecule has 0 aromatic carbocycles. The van der Waals surface area contributed by atoms with E-state index in [0.29, 0.717) is 19.3 Å². The Balaban J connectivity index is 4.22. The van der Waals surface area contributed by atoms with Gasteiger partial charge in [0.15, 0.2) is 6.10 Å². The van der Waals surface area contributed by atoms with E-state index in [1.165, 1.54) is 141 Å². The Morgan fingerprint density at radius 3 is 0.823 bits per heavy atom. The minimum atomic E-state index is -0.789. The third-order valence-electron chi connectivity index (χ3n) is 13.9. The summed E-state index contributed by atoms with van der Waals surface area (Å²) >= 11 is 0. The van der Waals surface area contributed by atoms with Crippen LogP contribution < -0.4 is 0 Å². The van der Waals surface area contributed by atoms with E-state index in [0.717, 1.165) is 122 Å². The van der Waals surface area contributed by atoms with E-state index >= 15 is 0 Å². The van der Waals surface area contributed by atoms with Gasteiger partial charge in [0.05, 0.1) is 0 Å². The summed E-state index contributed by atoms with van der Waals surface area (Å²) in [6.07, 6.45) is 92.1. The topological polar surface area (TPSA) is 78.9 Å². The second-order valence-corrected chi connectivity index (χ2v) is 21.6.